The van der Waals surface area contributed by atoms with E-state index in [-0.39, 0.29) is 0 Å². The number of pyridine rings is 1. The second-order valence-electron chi connectivity index (χ2n) is 8.47. The maximum absolute atomic E-state index is 5.09. The van der Waals surface area contributed by atoms with Crippen LogP contribution in [0, 0.1) is 0 Å². The Balaban J connectivity index is 1.72. The molecule has 0 N–H and O–H groups in total. The number of fused-ring (bicyclic) bond motifs is 12. The molecule has 0 aliphatic rings. The van der Waals surface area contributed by atoms with Crippen molar-refractivity contribution in [1.82, 2.24) is 9.38 Å². The zero-order valence-electron chi connectivity index (χ0n) is 17.0. The van der Waals surface area contributed by atoms with E-state index in [2.05, 4.69) is 101 Å². The van der Waals surface area contributed by atoms with Gasteiger partial charge in [-0.1, -0.05) is 54.6 Å². The highest BCUT2D eigenvalue weighted by atomic mass is 32.1. The number of nitrogens with zero attached hydrogens (tertiary/aromatic N) is 2. The van der Waals surface area contributed by atoms with Crippen LogP contribution in [0.2, 0.25) is 0 Å². The van der Waals surface area contributed by atoms with E-state index in [4.69, 9.17) is 4.98 Å². The molecule has 32 heavy (non-hydrogen) atoms. The first-order valence-electron chi connectivity index (χ1n) is 10.8. The van der Waals surface area contributed by atoms with Crippen molar-refractivity contribution in [2.75, 3.05) is 0 Å². The number of hydrogen-bond donors (Lipinski definition) is 0. The molecule has 0 saturated carbocycles. The Bertz CT molecular complexity index is 2040. The van der Waals surface area contributed by atoms with Crippen molar-refractivity contribution in [2.24, 2.45) is 0 Å². The molecule has 5 aromatic carbocycles. The van der Waals surface area contributed by atoms with E-state index in [1.807, 2.05) is 11.3 Å². The molecular weight excluding hydrogens is 408 g/mol. The Labute approximate surface area is 186 Å². The number of para-hydroxylation sites is 2. The Kier molecular flexibility index (Phi) is 3.05. The van der Waals surface area contributed by atoms with Crippen molar-refractivity contribution in [3.63, 3.8) is 0 Å². The summed E-state index contributed by atoms with van der Waals surface area (Å²) in [6, 6.07) is 35.2. The molecule has 8 rings (SSSR count). The van der Waals surface area contributed by atoms with Gasteiger partial charge in [-0.2, -0.15) is 0 Å². The van der Waals surface area contributed by atoms with Gasteiger partial charge in [-0.25, -0.2) is 4.98 Å². The van der Waals surface area contributed by atoms with Crippen LogP contribution in [-0.4, -0.2) is 9.38 Å². The van der Waals surface area contributed by atoms with Crippen molar-refractivity contribution >= 4 is 80.6 Å². The third kappa shape index (κ3) is 2.06. The zero-order chi connectivity index (χ0) is 20.8. The third-order valence-corrected chi connectivity index (χ3v) is 7.85. The van der Waals surface area contributed by atoms with E-state index in [0.29, 0.717) is 0 Å². The molecule has 8 aromatic rings. The first kappa shape index (κ1) is 16.7. The molecule has 3 aromatic heterocycles. The molecule has 0 radical (unpaired) electrons. The van der Waals surface area contributed by atoms with Gasteiger partial charge >= 0.3 is 0 Å². The highest BCUT2D eigenvalue weighted by Gasteiger charge is 2.16. The molecule has 0 aliphatic heterocycles. The summed E-state index contributed by atoms with van der Waals surface area (Å²) in [5.41, 5.74) is 4.43. The lowest BCUT2D eigenvalue weighted by Gasteiger charge is -2.11. The van der Waals surface area contributed by atoms with Crippen LogP contribution in [0.15, 0.2) is 97.1 Å². The second kappa shape index (κ2) is 5.84. The second-order valence-corrected chi connectivity index (χ2v) is 9.55. The lowest BCUT2D eigenvalue weighted by molar-refractivity contribution is 1.32. The molecular formula is C29H16N2S. The lowest BCUT2D eigenvalue weighted by atomic mass is 9.99. The molecule has 2 nitrogen and oxygen atoms in total. The van der Waals surface area contributed by atoms with Crippen LogP contribution >= 0.6 is 11.3 Å². The van der Waals surface area contributed by atoms with E-state index in [0.717, 1.165) is 16.7 Å². The number of aromatic nitrogens is 2. The van der Waals surface area contributed by atoms with Gasteiger partial charge in [0, 0.05) is 30.9 Å². The molecule has 0 saturated heterocycles. The largest absolute Gasteiger partial charge is 0.292 e. The lowest BCUT2D eigenvalue weighted by Crippen LogP contribution is -1.92. The van der Waals surface area contributed by atoms with E-state index >= 15 is 0 Å². The summed E-state index contributed by atoms with van der Waals surface area (Å²) in [6.07, 6.45) is 0. The zero-order valence-corrected chi connectivity index (χ0v) is 17.9. The topological polar surface area (TPSA) is 17.3 Å². The Hall–Kier alpha value is -3.95. The van der Waals surface area contributed by atoms with Gasteiger partial charge in [0.2, 0.25) is 0 Å². The van der Waals surface area contributed by atoms with Gasteiger partial charge in [0.25, 0.3) is 0 Å². The molecule has 3 heterocycles. The van der Waals surface area contributed by atoms with Crippen LogP contribution in [0.1, 0.15) is 0 Å². The molecule has 148 valence electrons. The van der Waals surface area contributed by atoms with Crippen LogP contribution in [0.4, 0.5) is 0 Å². The Morgan fingerprint density at radius 1 is 0.531 bits per heavy atom. The van der Waals surface area contributed by atoms with Crippen molar-refractivity contribution in [3.8, 4) is 0 Å². The minimum absolute atomic E-state index is 1.03. The van der Waals surface area contributed by atoms with Crippen LogP contribution in [-0.2, 0) is 0 Å². The van der Waals surface area contributed by atoms with Gasteiger partial charge in [-0.3, -0.25) is 4.40 Å². The van der Waals surface area contributed by atoms with E-state index in [1.54, 1.807) is 0 Å². The fourth-order valence-corrected chi connectivity index (χ4v) is 6.38. The van der Waals surface area contributed by atoms with Gasteiger partial charge in [0.15, 0.2) is 0 Å². The van der Waals surface area contributed by atoms with Gasteiger partial charge in [0.05, 0.1) is 16.6 Å². The maximum atomic E-state index is 5.09. The predicted molar refractivity (Wildman–Crippen MR) is 138 cm³/mol. The summed E-state index contributed by atoms with van der Waals surface area (Å²) in [5, 5.41) is 8.91. The predicted octanol–water partition coefficient (Wildman–Crippen LogP) is 8.32. The van der Waals surface area contributed by atoms with Crippen LogP contribution < -0.4 is 0 Å². The maximum Gasteiger partial charge on any atom is 0.146 e. The SMILES string of the molecule is c1ccc2cc3c(cc2c1)c1cc2c(cc1n1c4ccccc4nc31)sc1ccccc12. The molecule has 0 amide bonds. The molecule has 0 aliphatic carbocycles. The Morgan fingerprint density at radius 2 is 1.28 bits per heavy atom. The van der Waals surface area contributed by atoms with E-state index in [9.17, 15) is 0 Å². The summed E-state index contributed by atoms with van der Waals surface area (Å²) in [7, 11) is 0. The fourth-order valence-electron chi connectivity index (χ4n) is 5.26. The summed E-state index contributed by atoms with van der Waals surface area (Å²) in [4.78, 5) is 5.09. The molecule has 0 unspecified atom stereocenters. The van der Waals surface area contributed by atoms with Crippen LogP contribution in [0.5, 0.6) is 0 Å². The monoisotopic (exact) mass is 424 g/mol. The average molecular weight is 425 g/mol. The first-order valence-corrected chi connectivity index (χ1v) is 11.6. The standard InChI is InChI=1S/C29H16N2S/c1-2-8-18-14-23-20(13-17(18)7-1)21-15-22-19-9-3-6-12-27(19)32-28(22)16-26(21)31-25-11-5-4-10-24(25)30-29(23)31/h1-16H. The summed E-state index contributed by atoms with van der Waals surface area (Å²) < 4.78 is 5.00. The number of hydrogen-bond acceptors (Lipinski definition) is 2. The minimum Gasteiger partial charge on any atom is -0.292 e. The molecule has 0 atom stereocenters. The summed E-state index contributed by atoms with van der Waals surface area (Å²) in [5.74, 6) is 0. The number of imidazole rings is 1. The highest BCUT2D eigenvalue weighted by molar-refractivity contribution is 7.25. The average Bonchev–Trinajstić information content (AvgIpc) is 3.40. The van der Waals surface area contributed by atoms with Gasteiger partial charge in [-0.05, 0) is 58.6 Å². The Morgan fingerprint density at radius 3 is 2.19 bits per heavy atom. The van der Waals surface area contributed by atoms with Crippen molar-refractivity contribution in [1.29, 1.82) is 0 Å². The van der Waals surface area contributed by atoms with Crippen LogP contribution in [0.3, 0.4) is 0 Å². The van der Waals surface area contributed by atoms with Crippen LogP contribution in [0.25, 0.3) is 69.3 Å². The van der Waals surface area contributed by atoms with Gasteiger partial charge in [0.1, 0.15) is 5.65 Å². The third-order valence-electron chi connectivity index (χ3n) is 6.71. The number of benzene rings is 5. The van der Waals surface area contributed by atoms with Gasteiger partial charge < -0.3 is 0 Å². The van der Waals surface area contributed by atoms with E-state index in [1.165, 1.54) is 52.6 Å². The fraction of sp³-hybridized carbons (Fsp3) is 0. The van der Waals surface area contributed by atoms with Gasteiger partial charge in [-0.15, -0.1) is 11.3 Å². The molecule has 0 bridgehead atoms. The first-order chi connectivity index (χ1) is 15.8. The molecule has 3 heteroatoms. The highest BCUT2D eigenvalue weighted by Crippen LogP contribution is 2.40. The smallest absolute Gasteiger partial charge is 0.146 e. The normalized spacial score (nSPS) is 12.4. The minimum atomic E-state index is 1.03. The summed E-state index contributed by atoms with van der Waals surface area (Å²) in [6.45, 7) is 0. The molecule has 0 spiro atoms. The number of thiophene rings is 1. The van der Waals surface area contributed by atoms with Crippen molar-refractivity contribution < 1.29 is 0 Å². The van der Waals surface area contributed by atoms with Crippen molar-refractivity contribution in [2.45, 2.75) is 0 Å². The quantitative estimate of drug-likeness (QED) is 0.177. The molecule has 0 fully saturated rings. The number of rotatable bonds is 0. The van der Waals surface area contributed by atoms with E-state index < -0.39 is 0 Å². The van der Waals surface area contributed by atoms with Crippen molar-refractivity contribution in [3.05, 3.63) is 97.1 Å². The summed E-state index contributed by atoms with van der Waals surface area (Å²) >= 11 is 1.87.